The van der Waals surface area contributed by atoms with Gasteiger partial charge >= 0.3 is 0 Å². The van der Waals surface area contributed by atoms with E-state index in [0.29, 0.717) is 6.54 Å². The second kappa shape index (κ2) is 5.11. The van der Waals surface area contributed by atoms with Gasteiger partial charge in [0.05, 0.1) is 5.41 Å². The SMILES string of the molecule is CCCc1ccc(N(C)C(=O)C2(CN)CC2)cc1. The van der Waals surface area contributed by atoms with Gasteiger partial charge in [-0.25, -0.2) is 0 Å². The molecule has 1 aromatic rings. The zero-order valence-electron chi connectivity index (χ0n) is 11.3. The van der Waals surface area contributed by atoms with Crippen molar-refractivity contribution in [2.24, 2.45) is 11.1 Å². The van der Waals surface area contributed by atoms with Crippen molar-refractivity contribution in [2.45, 2.75) is 32.6 Å². The summed E-state index contributed by atoms with van der Waals surface area (Å²) in [6.07, 6.45) is 4.09. The van der Waals surface area contributed by atoms with Crippen molar-refractivity contribution in [3.8, 4) is 0 Å². The van der Waals surface area contributed by atoms with Crippen molar-refractivity contribution < 1.29 is 4.79 Å². The van der Waals surface area contributed by atoms with Crippen LogP contribution in [-0.4, -0.2) is 19.5 Å². The fraction of sp³-hybridized carbons (Fsp3) is 0.533. The highest BCUT2D eigenvalue weighted by Gasteiger charge is 2.50. The van der Waals surface area contributed by atoms with E-state index in [9.17, 15) is 4.79 Å². The lowest BCUT2D eigenvalue weighted by atomic mass is 10.1. The van der Waals surface area contributed by atoms with Gasteiger partial charge in [-0.05, 0) is 37.0 Å². The summed E-state index contributed by atoms with van der Waals surface area (Å²) in [5, 5.41) is 0. The maximum atomic E-state index is 12.3. The monoisotopic (exact) mass is 246 g/mol. The quantitative estimate of drug-likeness (QED) is 0.866. The molecule has 0 aliphatic heterocycles. The van der Waals surface area contributed by atoms with Crippen molar-refractivity contribution in [1.82, 2.24) is 0 Å². The van der Waals surface area contributed by atoms with Crippen LogP contribution in [0.5, 0.6) is 0 Å². The molecule has 0 unspecified atom stereocenters. The Morgan fingerprint density at radius 2 is 1.94 bits per heavy atom. The van der Waals surface area contributed by atoms with E-state index in [0.717, 1.165) is 31.4 Å². The Bertz CT molecular complexity index is 421. The smallest absolute Gasteiger partial charge is 0.234 e. The number of nitrogens with zero attached hydrogens (tertiary/aromatic N) is 1. The van der Waals surface area contributed by atoms with E-state index in [1.807, 2.05) is 19.2 Å². The summed E-state index contributed by atoms with van der Waals surface area (Å²) in [5.41, 5.74) is 7.71. The standard InChI is InChI=1S/C15H22N2O/c1-3-4-12-5-7-13(8-6-12)17(2)14(18)15(11-16)9-10-15/h5-8H,3-4,9-11,16H2,1-2H3. The van der Waals surface area contributed by atoms with Crippen molar-refractivity contribution in [3.05, 3.63) is 29.8 Å². The number of anilines is 1. The van der Waals surface area contributed by atoms with Crippen molar-refractivity contribution >= 4 is 11.6 Å². The van der Waals surface area contributed by atoms with Crippen LogP contribution in [0.4, 0.5) is 5.69 Å². The van der Waals surface area contributed by atoms with E-state index >= 15 is 0 Å². The van der Waals surface area contributed by atoms with Gasteiger partial charge in [-0.15, -0.1) is 0 Å². The molecule has 0 atom stereocenters. The lowest BCUT2D eigenvalue weighted by molar-refractivity contribution is -0.123. The molecule has 0 spiro atoms. The number of hydrogen-bond acceptors (Lipinski definition) is 2. The van der Waals surface area contributed by atoms with Crippen molar-refractivity contribution in [1.29, 1.82) is 0 Å². The largest absolute Gasteiger partial charge is 0.329 e. The summed E-state index contributed by atoms with van der Waals surface area (Å²) in [6.45, 7) is 2.63. The van der Waals surface area contributed by atoms with Gasteiger partial charge in [0, 0.05) is 19.3 Å². The summed E-state index contributed by atoms with van der Waals surface area (Å²) < 4.78 is 0. The number of benzene rings is 1. The Labute approximate surface area is 109 Å². The van der Waals surface area contributed by atoms with E-state index < -0.39 is 0 Å². The highest BCUT2D eigenvalue weighted by molar-refractivity contribution is 5.99. The van der Waals surface area contributed by atoms with E-state index in [1.165, 1.54) is 5.56 Å². The Hall–Kier alpha value is -1.35. The molecule has 0 aromatic heterocycles. The van der Waals surface area contributed by atoms with Gasteiger partial charge in [-0.1, -0.05) is 25.5 Å². The fourth-order valence-corrected chi connectivity index (χ4v) is 2.30. The van der Waals surface area contributed by atoms with E-state index in [-0.39, 0.29) is 11.3 Å². The third kappa shape index (κ3) is 2.41. The molecule has 1 saturated carbocycles. The van der Waals surface area contributed by atoms with E-state index in [2.05, 4.69) is 19.1 Å². The molecule has 0 saturated heterocycles. The Balaban J connectivity index is 2.09. The number of nitrogens with two attached hydrogens (primary N) is 1. The molecular formula is C15H22N2O. The Kier molecular flexibility index (Phi) is 3.71. The second-order valence-electron chi connectivity index (χ2n) is 5.27. The average Bonchev–Trinajstić information content (AvgIpc) is 3.19. The van der Waals surface area contributed by atoms with Crippen LogP contribution < -0.4 is 10.6 Å². The first-order chi connectivity index (χ1) is 8.63. The molecule has 18 heavy (non-hydrogen) atoms. The molecule has 1 aromatic carbocycles. The Morgan fingerprint density at radius 3 is 2.39 bits per heavy atom. The van der Waals surface area contributed by atoms with Crippen molar-refractivity contribution in [3.63, 3.8) is 0 Å². The molecule has 98 valence electrons. The maximum Gasteiger partial charge on any atom is 0.234 e. The van der Waals surface area contributed by atoms with Crippen LogP contribution in [0.2, 0.25) is 0 Å². The minimum atomic E-state index is -0.267. The predicted molar refractivity (Wildman–Crippen MR) is 74.6 cm³/mol. The lowest BCUT2D eigenvalue weighted by Gasteiger charge is -2.22. The first-order valence-corrected chi connectivity index (χ1v) is 6.70. The predicted octanol–water partition coefficient (Wildman–Crippen LogP) is 2.34. The molecule has 2 N–H and O–H groups in total. The van der Waals surface area contributed by atoms with Gasteiger partial charge < -0.3 is 10.6 Å². The van der Waals surface area contributed by atoms with Crippen LogP contribution in [0, 0.1) is 5.41 Å². The molecule has 3 heteroatoms. The van der Waals surface area contributed by atoms with Crippen molar-refractivity contribution in [2.75, 3.05) is 18.5 Å². The minimum Gasteiger partial charge on any atom is -0.329 e. The maximum absolute atomic E-state index is 12.3. The van der Waals surface area contributed by atoms with Gasteiger partial charge in [0.25, 0.3) is 0 Å². The minimum absolute atomic E-state index is 0.160. The first kappa shape index (κ1) is 13.1. The zero-order valence-corrected chi connectivity index (χ0v) is 11.3. The highest BCUT2D eigenvalue weighted by atomic mass is 16.2. The van der Waals surface area contributed by atoms with Gasteiger partial charge in [-0.2, -0.15) is 0 Å². The van der Waals surface area contributed by atoms with Gasteiger partial charge in [-0.3, -0.25) is 4.79 Å². The number of aryl methyl sites for hydroxylation is 1. The summed E-state index contributed by atoms with van der Waals surface area (Å²) in [6, 6.07) is 8.25. The molecule has 0 heterocycles. The fourth-order valence-electron chi connectivity index (χ4n) is 2.30. The van der Waals surface area contributed by atoms with Crippen LogP contribution in [0.15, 0.2) is 24.3 Å². The number of rotatable bonds is 5. The van der Waals surface area contributed by atoms with E-state index in [4.69, 9.17) is 5.73 Å². The highest BCUT2D eigenvalue weighted by Crippen LogP contribution is 2.46. The molecule has 0 bridgehead atoms. The third-order valence-electron chi connectivity index (χ3n) is 3.86. The summed E-state index contributed by atoms with van der Waals surface area (Å²) >= 11 is 0. The number of hydrogen-bond donors (Lipinski definition) is 1. The summed E-state index contributed by atoms with van der Waals surface area (Å²) in [4.78, 5) is 14.1. The zero-order chi connectivity index (χ0) is 13.2. The molecule has 0 radical (unpaired) electrons. The van der Waals surface area contributed by atoms with Crippen LogP contribution in [-0.2, 0) is 11.2 Å². The molecule has 1 aliphatic carbocycles. The van der Waals surface area contributed by atoms with Crippen LogP contribution in [0.3, 0.4) is 0 Å². The Morgan fingerprint density at radius 1 is 1.33 bits per heavy atom. The molecule has 1 fully saturated rings. The van der Waals surface area contributed by atoms with Crippen LogP contribution in [0.1, 0.15) is 31.7 Å². The van der Waals surface area contributed by atoms with Gasteiger partial charge in [0.1, 0.15) is 0 Å². The molecule has 1 amide bonds. The molecule has 3 nitrogen and oxygen atoms in total. The topological polar surface area (TPSA) is 46.3 Å². The number of carbonyl (C=O) groups is 1. The van der Waals surface area contributed by atoms with E-state index in [1.54, 1.807) is 4.90 Å². The summed E-state index contributed by atoms with van der Waals surface area (Å²) in [5.74, 6) is 0.160. The van der Waals surface area contributed by atoms with Gasteiger partial charge in [0.2, 0.25) is 5.91 Å². The van der Waals surface area contributed by atoms with Crippen LogP contribution in [0.25, 0.3) is 0 Å². The molecular weight excluding hydrogens is 224 g/mol. The number of carbonyl (C=O) groups excluding carboxylic acids is 1. The number of amides is 1. The normalized spacial score (nSPS) is 16.4. The lowest BCUT2D eigenvalue weighted by Crippen LogP contribution is -2.38. The molecule has 2 rings (SSSR count). The first-order valence-electron chi connectivity index (χ1n) is 6.70. The average molecular weight is 246 g/mol. The molecule has 1 aliphatic rings. The summed E-state index contributed by atoms with van der Waals surface area (Å²) in [7, 11) is 1.84. The van der Waals surface area contributed by atoms with Gasteiger partial charge in [0.15, 0.2) is 0 Å². The third-order valence-corrected chi connectivity index (χ3v) is 3.86. The second-order valence-corrected chi connectivity index (χ2v) is 5.27. The van der Waals surface area contributed by atoms with Crippen LogP contribution >= 0.6 is 0 Å².